The van der Waals surface area contributed by atoms with E-state index in [1.54, 1.807) is 24.3 Å². The number of hydrogen-bond acceptors (Lipinski definition) is 3. The Bertz CT molecular complexity index is 728. The molecule has 1 unspecified atom stereocenters. The molecule has 0 saturated carbocycles. The van der Waals surface area contributed by atoms with Crippen LogP contribution < -0.4 is 10.2 Å². The van der Waals surface area contributed by atoms with Gasteiger partial charge in [0.2, 0.25) is 0 Å². The second-order valence-electron chi connectivity index (χ2n) is 6.32. The average molecular weight is 328 g/mol. The lowest BCUT2D eigenvalue weighted by molar-refractivity contribution is 0.0947. The van der Waals surface area contributed by atoms with Crippen LogP contribution in [-0.4, -0.2) is 30.6 Å². The minimum atomic E-state index is -0.211. The molecule has 1 fully saturated rings. The number of hydrogen-bond donors (Lipinski definition) is 2. The third-order valence-corrected chi connectivity index (χ3v) is 4.35. The van der Waals surface area contributed by atoms with Crippen molar-refractivity contribution in [1.29, 1.82) is 0 Å². The molecule has 126 valence electrons. The Kier molecular flexibility index (Phi) is 4.69. The first-order valence-electron chi connectivity index (χ1n) is 8.11. The molecule has 4 nitrogen and oxygen atoms in total. The molecular weight excluding hydrogens is 307 g/mol. The summed E-state index contributed by atoms with van der Waals surface area (Å²) in [5, 5.41) is 12.5. The maximum atomic E-state index is 13.8. The lowest BCUT2D eigenvalue weighted by atomic mass is 10.1. The average Bonchev–Trinajstić information content (AvgIpc) is 3.01. The molecule has 0 spiro atoms. The number of nitrogens with one attached hydrogen (secondary N) is 1. The summed E-state index contributed by atoms with van der Waals surface area (Å²) in [5.74, 6) is -0.0329. The van der Waals surface area contributed by atoms with Crippen molar-refractivity contribution in [3.8, 4) is 5.75 Å². The monoisotopic (exact) mass is 328 g/mol. The molecule has 0 radical (unpaired) electrons. The summed E-state index contributed by atoms with van der Waals surface area (Å²) in [5.41, 5.74) is 1.91. The lowest BCUT2D eigenvalue weighted by Gasteiger charge is -2.19. The number of para-hydroxylation sites is 1. The molecule has 2 aromatic carbocycles. The first-order valence-corrected chi connectivity index (χ1v) is 8.11. The Morgan fingerprint density at radius 1 is 1.33 bits per heavy atom. The minimum Gasteiger partial charge on any atom is -0.508 e. The molecule has 1 aliphatic heterocycles. The van der Waals surface area contributed by atoms with E-state index in [1.807, 2.05) is 17.9 Å². The van der Waals surface area contributed by atoms with E-state index in [1.165, 1.54) is 12.1 Å². The number of benzene rings is 2. The fraction of sp³-hybridized carbons (Fsp3) is 0.316. The molecule has 0 aliphatic carbocycles. The van der Waals surface area contributed by atoms with Crippen molar-refractivity contribution in [2.75, 3.05) is 24.5 Å². The third kappa shape index (κ3) is 3.67. The highest BCUT2D eigenvalue weighted by Crippen LogP contribution is 2.25. The van der Waals surface area contributed by atoms with Gasteiger partial charge in [-0.3, -0.25) is 4.79 Å². The van der Waals surface area contributed by atoms with E-state index < -0.39 is 0 Å². The number of carbonyl (C=O) groups excluding carboxylic acids is 1. The molecule has 0 aromatic heterocycles. The van der Waals surface area contributed by atoms with Crippen LogP contribution in [0.1, 0.15) is 22.3 Å². The van der Waals surface area contributed by atoms with Crippen LogP contribution in [0.3, 0.4) is 0 Å². The van der Waals surface area contributed by atoms with E-state index in [4.69, 9.17) is 0 Å². The number of phenols is 1. The fourth-order valence-corrected chi connectivity index (χ4v) is 3.16. The molecule has 1 heterocycles. The quantitative estimate of drug-likeness (QED) is 0.907. The van der Waals surface area contributed by atoms with E-state index >= 15 is 0 Å². The Labute approximate surface area is 140 Å². The molecule has 3 rings (SSSR count). The van der Waals surface area contributed by atoms with Gasteiger partial charge in [-0.05, 0) is 55.2 Å². The first-order chi connectivity index (χ1) is 11.5. The number of rotatable bonds is 4. The summed E-state index contributed by atoms with van der Waals surface area (Å²) in [7, 11) is 0. The first kappa shape index (κ1) is 16.3. The minimum absolute atomic E-state index is 0.0896. The second-order valence-corrected chi connectivity index (χ2v) is 6.32. The second kappa shape index (κ2) is 6.91. The van der Waals surface area contributed by atoms with Crippen molar-refractivity contribution in [2.45, 2.75) is 13.3 Å². The maximum absolute atomic E-state index is 13.8. The molecule has 2 aromatic rings. The standard InChI is InChI=1S/C19H21FN2O2/c1-13-8-15(10-16(23)9-13)19(24)21-11-14-6-7-22(12-14)18-5-3-2-4-17(18)20/h2-5,8-10,14,23H,6-7,11-12H2,1H3,(H,21,24). The number of nitrogens with zero attached hydrogens (tertiary/aromatic N) is 1. The molecule has 0 bridgehead atoms. The van der Waals surface area contributed by atoms with Gasteiger partial charge in [-0.25, -0.2) is 4.39 Å². The van der Waals surface area contributed by atoms with Crippen molar-refractivity contribution in [3.05, 3.63) is 59.4 Å². The van der Waals surface area contributed by atoms with Crippen molar-refractivity contribution >= 4 is 11.6 Å². The van der Waals surface area contributed by atoms with Crippen molar-refractivity contribution in [3.63, 3.8) is 0 Å². The zero-order chi connectivity index (χ0) is 17.1. The Morgan fingerprint density at radius 3 is 2.88 bits per heavy atom. The van der Waals surface area contributed by atoms with Gasteiger partial charge in [0.15, 0.2) is 0 Å². The van der Waals surface area contributed by atoms with E-state index in [0.717, 1.165) is 25.1 Å². The van der Waals surface area contributed by atoms with E-state index in [2.05, 4.69) is 5.32 Å². The molecule has 24 heavy (non-hydrogen) atoms. The Balaban J connectivity index is 1.56. The van der Waals surface area contributed by atoms with Crippen LogP contribution in [0.25, 0.3) is 0 Å². The van der Waals surface area contributed by atoms with Gasteiger partial charge in [0.25, 0.3) is 5.91 Å². The van der Waals surface area contributed by atoms with Gasteiger partial charge in [0, 0.05) is 25.2 Å². The van der Waals surface area contributed by atoms with Crippen molar-refractivity contribution < 1.29 is 14.3 Å². The van der Waals surface area contributed by atoms with Crippen molar-refractivity contribution in [1.82, 2.24) is 5.32 Å². The number of aryl methyl sites for hydroxylation is 1. The molecule has 2 N–H and O–H groups in total. The maximum Gasteiger partial charge on any atom is 0.251 e. The predicted octanol–water partition coefficient (Wildman–Crippen LogP) is 3.10. The smallest absolute Gasteiger partial charge is 0.251 e. The van der Waals surface area contributed by atoms with Crippen LogP contribution in [0, 0.1) is 18.7 Å². The number of anilines is 1. The van der Waals surface area contributed by atoms with E-state index in [-0.39, 0.29) is 23.4 Å². The van der Waals surface area contributed by atoms with Gasteiger partial charge in [0.1, 0.15) is 11.6 Å². The van der Waals surface area contributed by atoms with Crippen molar-refractivity contribution in [2.24, 2.45) is 5.92 Å². The lowest BCUT2D eigenvalue weighted by Crippen LogP contribution is -2.31. The molecule has 1 amide bonds. The number of amides is 1. The fourth-order valence-electron chi connectivity index (χ4n) is 3.16. The van der Waals surface area contributed by atoms with Gasteiger partial charge in [-0.15, -0.1) is 0 Å². The van der Waals surface area contributed by atoms with Gasteiger partial charge >= 0.3 is 0 Å². The van der Waals surface area contributed by atoms with Gasteiger partial charge in [-0.2, -0.15) is 0 Å². The topological polar surface area (TPSA) is 52.6 Å². The van der Waals surface area contributed by atoms with Gasteiger partial charge in [-0.1, -0.05) is 12.1 Å². The summed E-state index contributed by atoms with van der Waals surface area (Å²) in [6.45, 7) is 3.88. The number of phenolic OH excluding ortho intramolecular Hbond substituents is 1. The van der Waals surface area contributed by atoms with E-state index in [0.29, 0.717) is 17.8 Å². The third-order valence-electron chi connectivity index (χ3n) is 4.35. The molecule has 5 heteroatoms. The van der Waals surface area contributed by atoms with Crippen LogP contribution in [-0.2, 0) is 0 Å². The van der Waals surface area contributed by atoms with Crippen LogP contribution in [0.2, 0.25) is 0 Å². The summed E-state index contributed by atoms with van der Waals surface area (Å²) in [4.78, 5) is 14.2. The predicted molar refractivity (Wildman–Crippen MR) is 91.9 cm³/mol. The van der Waals surface area contributed by atoms with E-state index in [9.17, 15) is 14.3 Å². The number of aromatic hydroxyl groups is 1. The van der Waals surface area contributed by atoms with Crippen LogP contribution >= 0.6 is 0 Å². The van der Waals surface area contributed by atoms with Crippen LogP contribution in [0.15, 0.2) is 42.5 Å². The molecule has 1 aliphatic rings. The zero-order valence-electron chi connectivity index (χ0n) is 13.6. The highest BCUT2D eigenvalue weighted by molar-refractivity contribution is 5.94. The Morgan fingerprint density at radius 2 is 2.12 bits per heavy atom. The van der Waals surface area contributed by atoms with Gasteiger partial charge in [0.05, 0.1) is 5.69 Å². The molecule has 1 atom stereocenters. The SMILES string of the molecule is Cc1cc(O)cc(C(=O)NCC2CCN(c3ccccc3F)C2)c1. The highest BCUT2D eigenvalue weighted by atomic mass is 19.1. The molecular formula is C19H21FN2O2. The zero-order valence-corrected chi connectivity index (χ0v) is 13.6. The number of carbonyl (C=O) groups is 1. The summed E-state index contributed by atoms with van der Waals surface area (Å²) < 4.78 is 13.8. The van der Waals surface area contributed by atoms with Gasteiger partial charge < -0.3 is 15.3 Å². The largest absolute Gasteiger partial charge is 0.508 e. The normalized spacial score (nSPS) is 17.1. The van der Waals surface area contributed by atoms with Crippen LogP contribution in [0.5, 0.6) is 5.75 Å². The van der Waals surface area contributed by atoms with Crippen LogP contribution in [0.4, 0.5) is 10.1 Å². The summed E-state index contributed by atoms with van der Waals surface area (Å²) in [6.07, 6.45) is 0.910. The summed E-state index contributed by atoms with van der Waals surface area (Å²) in [6, 6.07) is 11.6. The molecule has 1 saturated heterocycles. The highest BCUT2D eigenvalue weighted by Gasteiger charge is 2.24. The Hall–Kier alpha value is -2.56. The summed E-state index contributed by atoms with van der Waals surface area (Å²) >= 11 is 0. The number of halogens is 1.